The minimum absolute atomic E-state index is 0.0504. The molecule has 0 saturated carbocycles. The number of allylic oxidation sites excluding steroid dienone is 3. The van der Waals surface area contributed by atoms with Crippen LogP contribution in [0.5, 0.6) is 23.0 Å². The van der Waals surface area contributed by atoms with Gasteiger partial charge in [-0.25, -0.2) is 4.79 Å². The van der Waals surface area contributed by atoms with Gasteiger partial charge < -0.3 is 33.7 Å². The summed E-state index contributed by atoms with van der Waals surface area (Å²) in [5.41, 5.74) is 4.03. The molecule has 0 radical (unpaired) electrons. The molecule has 1 aliphatic heterocycles. The van der Waals surface area contributed by atoms with Crippen molar-refractivity contribution in [1.82, 2.24) is 5.32 Å². The maximum atomic E-state index is 14.1. The van der Waals surface area contributed by atoms with E-state index in [0.717, 1.165) is 11.3 Å². The lowest BCUT2D eigenvalue weighted by molar-refractivity contribution is -0.140. The summed E-state index contributed by atoms with van der Waals surface area (Å²) in [6.45, 7) is 6.93. The summed E-state index contributed by atoms with van der Waals surface area (Å²) in [5, 5.41) is 3.39. The molecule has 0 spiro atoms. The molecule has 0 amide bonds. The second-order valence-electron chi connectivity index (χ2n) is 9.93. The highest BCUT2D eigenvalue weighted by molar-refractivity contribution is 9.10. The summed E-state index contributed by atoms with van der Waals surface area (Å²) < 4.78 is 34.0. The molecule has 10 heteroatoms. The molecule has 226 valence electrons. The largest absolute Gasteiger partial charge is 0.493 e. The van der Waals surface area contributed by atoms with Gasteiger partial charge >= 0.3 is 5.97 Å². The van der Waals surface area contributed by atoms with E-state index in [0.29, 0.717) is 69.5 Å². The first-order valence-corrected chi connectivity index (χ1v) is 14.8. The van der Waals surface area contributed by atoms with Gasteiger partial charge in [0, 0.05) is 35.9 Å². The maximum Gasteiger partial charge on any atom is 0.336 e. The average molecular weight is 645 g/mol. The molecular formula is C32H38BrNO8. The van der Waals surface area contributed by atoms with E-state index >= 15 is 0 Å². The molecule has 1 aliphatic carbocycles. The first-order chi connectivity index (χ1) is 20.3. The smallest absolute Gasteiger partial charge is 0.336 e. The van der Waals surface area contributed by atoms with E-state index in [-0.39, 0.29) is 31.3 Å². The number of hydrogen-bond acceptors (Lipinski definition) is 9. The predicted octanol–water partition coefficient (Wildman–Crippen LogP) is 5.81. The van der Waals surface area contributed by atoms with E-state index in [1.165, 1.54) is 0 Å². The van der Waals surface area contributed by atoms with Crippen LogP contribution in [0, 0.1) is 0 Å². The normalized spacial score (nSPS) is 18.3. The Balaban J connectivity index is 1.80. The van der Waals surface area contributed by atoms with E-state index in [4.69, 9.17) is 28.4 Å². The molecule has 42 heavy (non-hydrogen) atoms. The second kappa shape index (κ2) is 14.1. The minimum Gasteiger partial charge on any atom is -0.493 e. The number of rotatable bonds is 12. The molecule has 2 atom stereocenters. The van der Waals surface area contributed by atoms with Crippen molar-refractivity contribution < 1.29 is 38.0 Å². The Labute approximate surface area is 255 Å². The molecule has 9 nitrogen and oxygen atoms in total. The van der Waals surface area contributed by atoms with E-state index < -0.39 is 11.9 Å². The Kier molecular flexibility index (Phi) is 10.6. The Bertz CT molecular complexity index is 1400. The molecule has 2 aromatic carbocycles. The average Bonchev–Trinajstić information content (AvgIpc) is 2.98. The van der Waals surface area contributed by atoms with Gasteiger partial charge in [-0.1, -0.05) is 6.07 Å². The summed E-state index contributed by atoms with van der Waals surface area (Å²) >= 11 is 3.60. The van der Waals surface area contributed by atoms with Crippen molar-refractivity contribution in [1.29, 1.82) is 0 Å². The molecule has 1 heterocycles. The second-order valence-corrected chi connectivity index (χ2v) is 10.8. The molecule has 0 fully saturated rings. The lowest BCUT2D eigenvalue weighted by atomic mass is 9.71. The number of dihydropyridines is 1. The van der Waals surface area contributed by atoms with Gasteiger partial charge in [0.25, 0.3) is 0 Å². The van der Waals surface area contributed by atoms with Crippen molar-refractivity contribution in [3.05, 3.63) is 68.5 Å². The molecule has 0 aromatic heterocycles. The molecule has 1 N–H and O–H groups in total. The highest BCUT2D eigenvalue weighted by atomic mass is 79.9. The number of esters is 1. The van der Waals surface area contributed by atoms with Gasteiger partial charge in [0.2, 0.25) is 0 Å². The predicted molar refractivity (Wildman–Crippen MR) is 161 cm³/mol. The van der Waals surface area contributed by atoms with Gasteiger partial charge in [-0.05, 0) is 84.4 Å². The fourth-order valence-electron chi connectivity index (χ4n) is 5.62. The molecule has 0 bridgehead atoms. The Hall–Kier alpha value is -3.50. The van der Waals surface area contributed by atoms with Crippen molar-refractivity contribution in [2.75, 3.05) is 47.8 Å². The minimum atomic E-state index is -0.666. The number of halogens is 1. The van der Waals surface area contributed by atoms with E-state index in [1.54, 1.807) is 21.3 Å². The SMILES string of the molecule is CCOCCOC(=O)C1=C(C)NC2=C(C(=O)C[C@@H](c3ccc(OC)c(OC)c3)C2)[C@H]1c1cc(Br)c(OC)c(OCC)c1. The van der Waals surface area contributed by atoms with Crippen molar-refractivity contribution in [2.24, 2.45) is 0 Å². The van der Waals surface area contributed by atoms with Crippen LogP contribution in [0.25, 0.3) is 0 Å². The zero-order valence-electron chi connectivity index (χ0n) is 24.9. The summed E-state index contributed by atoms with van der Waals surface area (Å²) in [6.07, 6.45) is 0.848. The van der Waals surface area contributed by atoms with Gasteiger partial charge in [0.05, 0.1) is 44.6 Å². The number of carbonyl (C=O) groups is 2. The van der Waals surface area contributed by atoms with Crippen LogP contribution < -0.4 is 24.3 Å². The van der Waals surface area contributed by atoms with Crippen molar-refractivity contribution in [3.63, 3.8) is 0 Å². The summed E-state index contributed by atoms with van der Waals surface area (Å²) in [7, 11) is 4.75. The third-order valence-electron chi connectivity index (χ3n) is 7.46. The third kappa shape index (κ3) is 6.44. The zero-order chi connectivity index (χ0) is 30.4. The monoisotopic (exact) mass is 643 g/mol. The first-order valence-electron chi connectivity index (χ1n) is 14.0. The zero-order valence-corrected chi connectivity index (χ0v) is 26.5. The quantitative estimate of drug-likeness (QED) is 0.227. The van der Waals surface area contributed by atoms with Crippen molar-refractivity contribution >= 4 is 27.7 Å². The highest BCUT2D eigenvalue weighted by Crippen LogP contribution is 2.49. The number of methoxy groups -OCH3 is 3. The standard InChI is InChI=1S/C32H38BrNO8/c1-7-40-11-12-42-32(36)28-18(3)34-23-14-20(19-9-10-25(37-4)26(16-19)38-5)15-24(35)30(23)29(28)21-13-22(33)31(39-6)27(17-21)41-8-2/h9-10,13,16-17,20,29,34H,7-8,11-12,14-15H2,1-6H3/t20-,29-/m0/s1. The topological polar surface area (TPSA) is 102 Å². The highest BCUT2D eigenvalue weighted by Gasteiger charge is 2.42. The fourth-order valence-corrected chi connectivity index (χ4v) is 6.24. The molecule has 2 aliphatic rings. The lowest BCUT2D eigenvalue weighted by Crippen LogP contribution is -2.36. The number of Topliss-reactive ketones (excluding diaryl/α,β-unsaturated/α-hetero) is 1. The summed E-state index contributed by atoms with van der Waals surface area (Å²) in [5.74, 6) is 0.977. The van der Waals surface area contributed by atoms with Gasteiger partial charge in [-0.2, -0.15) is 0 Å². The number of hydrogen-bond donors (Lipinski definition) is 1. The van der Waals surface area contributed by atoms with Crippen LogP contribution in [0.1, 0.15) is 56.6 Å². The van der Waals surface area contributed by atoms with Crippen molar-refractivity contribution in [2.45, 2.75) is 45.4 Å². The van der Waals surface area contributed by atoms with Crippen LogP contribution in [0.15, 0.2) is 57.3 Å². The number of ketones is 1. The summed E-state index contributed by atoms with van der Waals surface area (Å²) in [6, 6.07) is 9.44. The number of ether oxygens (including phenoxy) is 6. The maximum absolute atomic E-state index is 14.1. The first kappa shape index (κ1) is 31.4. The Morgan fingerprint density at radius 3 is 2.33 bits per heavy atom. The molecule has 0 unspecified atom stereocenters. The Morgan fingerprint density at radius 2 is 1.67 bits per heavy atom. The molecule has 0 saturated heterocycles. The van der Waals surface area contributed by atoms with Gasteiger partial charge in [0.1, 0.15) is 6.61 Å². The number of carbonyl (C=O) groups excluding carboxylic acids is 2. The van der Waals surface area contributed by atoms with Crippen LogP contribution in [0.3, 0.4) is 0 Å². The summed E-state index contributed by atoms with van der Waals surface area (Å²) in [4.78, 5) is 27.6. The van der Waals surface area contributed by atoms with Crippen LogP contribution in [0.2, 0.25) is 0 Å². The van der Waals surface area contributed by atoms with E-state index in [9.17, 15) is 9.59 Å². The third-order valence-corrected chi connectivity index (χ3v) is 8.05. The lowest BCUT2D eigenvalue weighted by Gasteiger charge is -2.37. The number of benzene rings is 2. The van der Waals surface area contributed by atoms with E-state index in [2.05, 4.69) is 21.2 Å². The molecular weight excluding hydrogens is 606 g/mol. The van der Waals surface area contributed by atoms with Crippen LogP contribution in [-0.2, 0) is 19.1 Å². The Morgan fingerprint density at radius 1 is 0.929 bits per heavy atom. The number of nitrogens with one attached hydrogen (secondary N) is 1. The molecule has 2 aromatic rings. The van der Waals surface area contributed by atoms with Gasteiger partial charge in [-0.3, -0.25) is 4.79 Å². The molecule has 4 rings (SSSR count). The van der Waals surface area contributed by atoms with Crippen molar-refractivity contribution in [3.8, 4) is 23.0 Å². The van der Waals surface area contributed by atoms with Gasteiger partial charge in [0.15, 0.2) is 28.8 Å². The van der Waals surface area contributed by atoms with Crippen LogP contribution in [-0.4, -0.2) is 59.5 Å². The fraction of sp³-hybridized carbons (Fsp3) is 0.438. The van der Waals surface area contributed by atoms with E-state index in [1.807, 2.05) is 51.1 Å². The van der Waals surface area contributed by atoms with Crippen LogP contribution >= 0.6 is 15.9 Å². The van der Waals surface area contributed by atoms with Crippen LogP contribution in [0.4, 0.5) is 0 Å². The van der Waals surface area contributed by atoms with Gasteiger partial charge in [-0.15, -0.1) is 0 Å².